The Morgan fingerprint density at radius 2 is 2.14 bits per heavy atom. The summed E-state index contributed by atoms with van der Waals surface area (Å²) in [5.74, 6) is -0.243. The summed E-state index contributed by atoms with van der Waals surface area (Å²) >= 11 is 3.37. The van der Waals surface area contributed by atoms with Crippen LogP contribution >= 0.6 is 15.9 Å². The molecule has 0 radical (unpaired) electrons. The molecule has 1 amide bonds. The molecule has 1 N–H and O–H groups in total. The van der Waals surface area contributed by atoms with Gasteiger partial charge in [-0.05, 0) is 24.1 Å². The smallest absolute Gasteiger partial charge is 0.307 e. The van der Waals surface area contributed by atoms with E-state index in [1.165, 1.54) is 10.9 Å². The van der Waals surface area contributed by atoms with E-state index in [-0.39, 0.29) is 24.2 Å². The molecule has 0 aliphatic rings. The zero-order valence-electron chi connectivity index (χ0n) is 11.9. The average molecular weight is 367 g/mol. The second-order valence-electron chi connectivity index (χ2n) is 4.73. The first-order valence-corrected chi connectivity index (χ1v) is 7.50. The van der Waals surface area contributed by atoms with Crippen molar-refractivity contribution in [3.8, 4) is 0 Å². The summed E-state index contributed by atoms with van der Waals surface area (Å²) in [6.07, 6.45) is 3.10. The van der Waals surface area contributed by atoms with E-state index in [2.05, 4.69) is 26.3 Å². The van der Waals surface area contributed by atoms with E-state index in [1.807, 2.05) is 31.2 Å². The molecule has 1 aromatic carbocycles. The van der Waals surface area contributed by atoms with E-state index in [9.17, 15) is 14.9 Å². The maximum absolute atomic E-state index is 12.1. The Balaban J connectivity index is 1.99. The summed E-state index contributed by atoms with van der Waals surface area (Å²) in [4.78, 5) is 22.1. The number of aromatic nitrogens is 2. The molecule has 0 aliphatic heterocycles. The number of carbonyl (C=O) groups is 1. The van der Waals surface area contributed by atoms with Crippen molar-refractivity contribution >= 4 is 27.5 Å². The van der Waals surface area contributed by atoms with Crippen molar-refractivity contribution in [1.29, 1.82) is 0 Å². The highest BCUT2D eigenvalue weighted by molar-refractivity contribution is 9.10. The number of nitrogens with zero attached hydrogens (tertiary/aromatic N) is 3. The molecular weight excluding hydrogens is 352 g/mol. The number of nitro groups is 1. The molecule has 0 saturated carbocycles. The molecule has 116 valence electrons. The molecule has 1 aromatic heterocycles. The lowest BCUT2D eigenvalue weighted by atomic mass is 10.0. The number of amides is 1. The van der Waals surface area contributed by atoms with Crippen molar-refractivity contribution in [3.05, 3.63) is 56.8 Å². The third-order valence-electron chi connectivity index (χ3n) is 3.15. The van der Waals surface area contributed by atoms with E-state index < -0.39 is 4.92 Å². The Kier molecular flexibility index (Phi) is 5.26. The highest BCUT2D eigenvalue weighted by Crippen LogP contribution is 2.19. The Bertz CT molecular complexity index is 669. The van der Waals surface area contributed by atoms with Crippen LogP contribution < -0.4 is 5.32 Å². The third kappa shape index (κ3) is 4.14. The number of rotatable bonds is 6. The van der Waals surface area contributed by atoms with Crippen molar-refractivity contribution in [2.24, 2.45) is 0 Å². The largest absolute Gasteiger partial charge is 0.348 e. The van der Waals surface area contributed by atoms with E-state index in [4.69, 9.17) is 0 Å². The molecule has 0 saturated heterocycles. The van der Waals surface area contributed by atoms with Crippen molar-refractivity contribution < 1.29 is 9.72 Å². The van der Waals surface area contributed by atoms with Crippen LogP contribution in [0.15, 0.2) is 41.1 Å². The molecule has 2 aromatic rings. The van der Waals surface area contributed by atoms with Gasteiger partial charge in [0, 0.05) is 4.47 Å². The molecule has 0 aliphatic carbocycles. The minimum Gasteiger partial charge on any atom is -0.348 e. The maximum Gasteiger partial charge on any atom is 0.307 e. The number of nitrogens with one attached hydrogen (secondary N) is 1. The van der Waals surface area contributed by atoms with Crippen LogP contribution in [-0.4, -0.2) is 20.6 Å². The van der Waals surface area contributed by atoms with Crippen LogP contribution in [0.4, 0.5) is 5.69 Å². The van der Waals surface area contributed by atoms with E-state index in [1.54, 1.807) is 0 Å². The summed E-state index contributed by atoms with van der Waals surface area (Å²) in [6, 6.07) is 7.61. The van der Waals surface area contributed by atoms with Crippen molar-refractivity contribution in [1.82, 2.24) is 15.1 Å². The molecule has 1 unspecified atom stereocenters. The van der Waals surface area contributed by atoms with Gasteiger partial charge in [0.05, 0.1) is 11.0 Å². The second-order valence-corrected chi connectivity index (χ2v) is 5.65. The Morgan fingerprint density at radius 3 is 2.68 bits per heavy atom. The van der Waals surface area contributed by atoms with Crippen LogP contribution in [0.25, 0.3) is 0 Å². The monoisotopic (exact) mass is 366 g/mol. The summed E-state index contributed by atoms with van der Waals surface area (Å²) in [5, 5.41) is 17.3. The van der Waals surface area contributed by atoms with Crippen molar-refractivity contribution in [2.45, 2.75) is 25.9 Å². The molecule has 2 rings (SSSR count). The van der Waals surface area contributed by atoms with Gasteiger partial charge in [-0.1, -0.05) is 35.0 Å². The Morgan fingerprint density at radius 1 is 1.45 bits per heavy atom. The first-order valence-electron chi connectivity index (χ1n) is 6.71. The van der Waals surface area contributed by atoms with Gasteiger partial charge in [0.2, 0.25) is 5.91 Å². The van der Waals surface area contributed by atoms with Crippen LogP contribution in [0, 0.1) is 10.1 Å². The summed E-state index contributed by atoms with van der Waals surface area (Å²) in [5.41, 5.74) is 0.873. The van der Waals surface area contributed by atoms with Crippen LogP contribution in [0.3, 0.4) is 0 Å². The fourth-order valence-corrected chi connectivity index (χ4v) is 2.30. The lowest BCUT2D eigenvalue weighted by molar-refractivity contribution is -0.385. The van der Waals surface area contributed by atoms with Gasteiger partial charge in [-0.3, -0.25) is 19.6 Å². The fraction of sp³-hybridized carbons (Fsp3) is 0.286. The summed E-state index contributed by atoms with van der Waals surface area (Å²) in [7, 11) is 0. The van der Waals surface area contributed by atoms with Crippen LogP contribution in [0.1, 0.15) is 24.9 Å². The zero-order chi connectivity index (χ0) is 16.1. The molecule has 22 heavy (non-hydrogen) atoms. The van der Waals surface area contributed by atoms with Gasteiger partial charge in [0.25, 0.3) is 0 Å². The number of hydrogen-bond donors (Lipinski definition) is 1. The SMILES string of the molecule is CCC(NC(=O)Cn1cc([N+](=O)[O-])cn1)c1ccc(Br)cc1. The predicted molar refractivity (Wildman–Crippen MR) is 84.2 cm³/mol. The lowest BCUT2D eigenvalue weighted by Gasteiger charge is -2.17. The van der Waals surface area contributed by atoms with Gasteiger partial charge < -0.3 is 5.32 Å². The molecule has 0 bridgehead atoms. The molecule has 0 spiro atoms. The number of benzene rings is 1. The van der Waals surface area contributed by atoms with E-state index in [0.29, 0.717) is 0 Å². The normalized spacial score (nSPS) is 11.9. The number of halogens is 1. The average Bonchev–Trinajstić information content (AvgIpc) is 2.94. The Hall–Kier alpha value is -2.22. The standard InChI is InChI=1S/C14H15BrN4O3/c1-2-13(10-3-5-11(15)6-4-10)17-14(20)9-18-8-12(7-16-18)19(21)22/h3-8,13H,2,9H2,1H3,(H,17,20). The molecular formula is C14H15BrN4O3. The lowest BCUT2D eigenvalue weighted by Crippen LogP contribution is -2.31. The maximum atomic E-state index is 12.1. The first kappa shape index (κ1) is 16.2. The van der Waals surface area contributed by atoms with Crippen molar-refractivity contribution in [2.75, 3.05) is 0 Å². The third-order valence-corrected chi connectivity index (χ3v) is 3.68. The first-order chi connectivity index (χ1) is 10.5. The van der Waals surface area contributed by atoms with E-state index in [0.717, 1.165) is 22.7 Å². The van der Waals surface area contributed by atoms with Gasteiger partial charge in [-0.15, -0.1) is 0 Å². The number of hydrogen-bond acceptors (Lipinski definition) is 4. The molecule has 0 fully saturated rings. The van der Waals surface area contributed by atoms with E-state index >= 15 is 0 Å². The minimum atomic E-state index is -0.544. The number of carbonyl (C=O) groups excluding carboxylic acids is 1. The fourth-order valence-electron chi connectivity index (χ4n) is 2.04. The second kappa shape index (κ2) is 7.17. The zero-order valence-corrected chi connectivity index (χ0v) is 13.5. The van der Waals surface area contributed by atoms with Gasteiger partial charge >= 0.3 is 5.69 Å². The van der Waals surface area contributed by atoms with Crippen LogP contribution in [0.2, 0.25) is 0 Å². The van der Waals surface area contributed by atoms with Gasteiger partial charge in [0.15, 0.2) is 0 Å². The predicted octanol–water partition coefficient (Wildman–Crippen LogP) is 2.82. The summed E-state index contributed by atoms with van der Waals surface area (Å²) in [6.45, 7) is 1.92. The quantitative estimate of drug-likeness (QED) is 0.628. The molecule has 1 atom stereocenters. The highest BCUT2D eigenvalue weighted by atomic mass is 79.9. The minimum absolute atomic E-state index is 0.0547. The van der Waals surface area contributed by atoms with Crippen molar-refractivity contribution in [3.63, 3.8) is 0 Å². The van der Waals surface area contributed by atoms with Crippen LogP contribution in [-0.2, 0) is 11.3 Å². The Labute approximate surface area is 135 Å². The van der Waals surface area contributed by atoms with Gasteiger partial charge in [-0.2, -0.15) is 5.10 Å². The molecule has 8 heteroatoms. The van der Waals surface area contributed by atoms with Crippen LogP contribution in [0.5, 0.6) is 0 Å². The topological polar surface area (TPSA) is 90.1 Å². The van der Waals surface area contributed by atoms with Gasteiger partial charge in [-0.25, -0.2) is 0 Å². The van der Waals surface area contributed by atoms with Gasteiger partial charge in [0.1, 0.15) is 18.9 Å². The summed E-state index contributed by atoms with van der Waals surface area (Å²) < 4.78 is 2.23. The molecule has 1 heterocycles. The molecule has 7 nitrogen and oxygen atoms in total. The highest BCUT2D eigenvalue weighted by Gasteiger charge is 2.15.